The van der Waals surface area contributed by atoms with Crippen molar-refractivity contribution in [2.24, 2.45) is 0 Å². The topological polar surface area (TPSA) is 76.1 Å². The summed E-state index contributed by atoms with van der Waals surface area (Å²) in [5.74, 6) is -0.795. The third-order valence-electron chi connectivity index (χ3n) is 5.08. The van der Waals surface area contributed by atoms with E-state index in [9.17, 15) is 14.7 Å². The molecular weight excluding hydrogens is 382 g/mol. The second-order valence-corrected chi connectivity index (χ2v) is 7.21. The summed E-state index contributed by atoms with van der Waals surface area (Å²) >= 11 is 0. The van der Waals surface area contributed by atoms with Crippen molar-refractivity contribution in [3.63, 3.8) is 0 Å². The summed E-state index contributed by atoms with van der Waals surface area (Å²) in [5.41, 5.74) is 2.37. The monoisotopic (exact) mass is 409 g/mol. The molecule has 2 aromatic rings. The van der Waals surface area contributed by atoms with E-state index in [-0.39, 0.29) is 11.3 Å². The minimum Gasteiger partial charge on any atom is -0.507 e. The molecule has 0 saturated carbocycles. The lowest BCUT2D eigenvalue weighted by molar-refractivity contribution is -0.140. The van der Waals surface area contributed by atoms with E-state index < -0.39 is 17.7 Å². The van der Waals surface area contributed by atoms with Crippen molar-refractivity contribution < 1.29 is 24.2 Å². The van der Waals surface area contributed by atoms with E-state index in [0.717, 1.165) is 11.1 Å². The summed E-state index contributed by atoms with van der Waals surface area (Å²) in [4.78, 5) is 27.3. The summed E-state index contributed by atoms with van der Waals surface area (Å²) in [6, 6.07) is 13.8. The molecule has 0 aromatic heterocycles. The number of ketones is 1. The molecule has 0 spiro atoms. The molecule has 0 bridgehead atoms. The number of aryl methyl sites for hydroxylation is 1. The quantitative estimate of drug-likeness (QED) is 0.310. The zero-order chi connectivity index (χ0) is 21.7. The number of amides is 1. The van der Waals surface area contributed by atoms with E-state index in [0.29, 0.717) is 37.5 Å². The molecule has 1 amide bonds. The average molecular weight is 409 g/mol. The van der Waals surface area contributed by atoms with E-state index in [1.165, 1.54) is 4.90 Å². The predicted molar refractivity (Wildman–Crippen MR) is 114 cm³/mol. The van der Waals surface area contributed by atoms with Gasteiger partial charge in [0.15, 0.2) is 0 Å². The van der Waals surface area contributed by atoms with Crippen LogP contribution in [0.15, 0.2) is 54.1 Å². The van der Waals surface area contributed by atoms with Crippen LogP contribution >= 0.6 is 0 Å². The van der Waals surface area contributed by atoms with Crippen LogP contribution in [0.5, 0.6) is 5.75 Å². The number of hydrogen-bond acceptors (Lipinski definition) is 5. The SMILES string of the molecule is CCOc1ccc(/C(O)=C2/C(=O)C(=O)N(CCCOC)C2c2cccc(C)c2)cc1. The molecule has 1 atom stereocenters. The van der Waals surface area contributed by atoms with Crippen LogP contribution in [0.1, 0.15) is 36.1 Å². The second-order valence-electron chi connectivity index (χ2n) is 7.21. The summed E-state index contributed by atoms with van der Waals surface area (Å²) in [6.45, 7) is 5.21. The zero-order valence-corrected chi connectivity index (χ0v) is 17.6. The molecule has 2 aromatic carbocycles. The smallest absolute Gasteiger partial charge is 0.295 e. The lowest BCUT2D eigenvalue weighted by Gasteiger charge is -2.25. The molecule has 1 heterocycles. The van der Waals surface area contributed by atoms with E-state index in [4.69, 9.17) is 9.47 Å². The summed E-state index contributed by atoms with van der Waals surface area (Å²) in [6.07, 6.45) is 0.592. The number of carbonyl (C=O) groups excluding carboxylic acids is 2. The lowest BCUT2D eigenvalue weighted by atomic mass is 9.94. The van der Waals surface area contributed by atoms with E-state index in [1.807, 2.05) is 38.1 Å². The third kappa shape index (κ3) is 4.39. The largest absolute Gasteiger partial charge is 0.507 e. The van der Waals surface area contributed by atoms with Gasteiger partial charge in [0.05, 0.1) is 18.2 Å². The Labute approximate surface area is 176 Å². The van der Waals surface area contributed by atoms with E-state index >= 15 is 0 Å². The van der Waals surface area contributed by atoms with Gasteiger partial charge in [0.2, 0.25) is 0 Å². The number of benzene rings is 2. The van der Waals surface area contributed by atoms with Crippen molar-refractivity contribution in [3.05, 3.63) is 70.8 Å². The van der Waals surface area contributed by atoms with E-state index in [2.05, 4.69) is 0 Å². The maximum atomic E-state index is 12.9. The van der Waals surface area contributed by atoms with Crippen molar-refractivity contribution >= 4 is 17.4 Å². The van der Waals surface area contributed by atoms with Crippen LogP contribution in [0.4, 0.5) is 0 Å². The van der Waals surface area contributed by atoms with E-state index in [1.54, 1.807) is 31.4 Å². The fourth-order valence-corrected chi connectivity index (χ4v) is 3.71. The number of aliphatic hydroxyl groups is 1. The van der Waals surface area contributed by atoms with Crippen LogP contribution in [0.3, 0.4) is 0 Å². The fourth-order valence-electron chi connectivity index (χ4n) is 3.71. The van der Waals surface area contributed by atoms with Gasteiger partial charge in [-0.05, 0) is 50.1 Å². The molecule has 1 aliphatic heterocycles. The Morgan fingerprint density at radius 2 is 1.87 bits per heavy atom. The number of hydrogen-bond donors (Lipinski definition) is 1. The Morgan fingerprint density at radius 1 is 1.13 bits per heavy atom. The summed E-state index contributed by atoms with van der Waals surface area (Å²) in [7, 11) is 1.60. The highest BCUT2D eigenvalue weighted by Crippen LogP contribution is 2.39. The predicted octanol–water partition coefficient (Wildman–Crippen LogP) is 3.85. The lowest BCUT2D eigenvalue weighted by Crippen LogP contribution is -2.31. The Hall–Kier alpha value is -3.12. The first-order valence-corrected chi connectivity index (χ1v) is 10.0. The molecule has 0 aliphatic carbocycles. The van der Waals surface area contributed by atoms with Gasteiger partial charge in [-0.15, -0.1) is 0 Å². The molecule has 3 rings (SSSR count). The Kier molecular flexibility index (Phi) is 6.90. The van der Waals surface area contributed by atoms with Crippen LogP contribution < -0.4 is 4.74 Å². The van der Waals surface area contributed by atoms with Gasteiger partial charge < -0.3 is 19.5 Å². The Morgan fingerprint density at radius 3 is 2.50 bits per heavy atom. The van der Waals surface area contributed by atoms with Gasteiger partial charge in [0.25, 0.3) is 11.7 Å². The number of Topliss-reactive ketones (excluding diaryl/α,β-unsaturated/α-hetero) is 1. The molecular formula is C24H27NO5. The molecule has 1 N–H and O–H groups in total. The third-order valence-corrected chi connectivity index (χ3v) is 5.08. The number of aliphatic hydroxyl groups excluding tert-OH is 1. The normalized spacial score (nSPS) is 18.1. The first-order valence-electron chi connectivity index (χ1n) is 10.0. The van der Waals surface area contributed by atoms with Crippen molar-refractivity contribution in [3.8, 4) is 5.75 Å². The highest BCUT2D eigenvalue weighted by atomic mass is 16.5. The number of ether oxygens (including phenoxy) is 2. The first-order chi connectivity index (χ1) is 14.5. The first kappa shape index (κ1) is 21.6. The number of likely N-dealkylation sites (tertiary alicyclic amines) is 1. The summed E-state index contributed by atoms with van der Waals surface area (Å²) in [5, 5.41) is 11.0. The van der Waals surface area contributed by atoms with Gasteiger partial charge >= 0.3 is 0 Å². The van der Waals surface area contributed by atoms with Crippen LogP contribution in [0.2, 0.25) is 0 Å². The molecule has 1 unspecified atom stereocenters. The molecule has 6 heteroatoms. The second kappa shape index (κ2) is 9.59. The van der Waals surface area contributed by atoms with Crippen molar-refractivity contribution in [1.82, 2.24) is 4.90 Å². The van der Waals surface area contributed by atoms with Crippen LogP contribution in [0.25, 0.3) is 5.76 Å². The standard InChI is InChI=1S/C24H27NO5/c1-4-30-19-11-9-17(10-12-19)22(26)20-21(18-8-5-7-16(2)15-18)25(13-6-14-29-3)24(28)23(20)27/h5,7-12,15,21,26H,4,6,13-14H2,1-3H3/b22-20-. The number of carbonyl (C=O) groups is 2. The summed E-state index contributed by atoms with van der Waals surface area (Å²) < 4.78 is 10.5. The highest BCUT2D eigenvalue weighted by Gasteiger charge is 2.45. The maximum absolute atomic E-state index is 12.9. The van der Waals surface area contributed by atoms with Crippen LogP contribution in [-0.2, 0) is 14.3 Å². The average Bonchev–Trinajstić information content (AvgIpc) is 2.99. The minimum absolute atomic E-state index is 0.104. The molecule has 1 aliphatic rings. The van der Waals surface area contributed by atoms with Gasteiger partial charge in [-0.1, -0.05) is 29.8 Å². The molecule has 158 valence electrons. The van der Waals surface area contributed by atoms with Crippen molar-refractivity contribution in [1.29, 1.82) is 0 Å². The maximum Gasteiger partial charge on any atom is 0.295 e. The number of rotatable bonds is 8. The minimum atomic E-state index is -0.676. The Bertz CT molecular complexity index is 948. The molecule has 1 saturated heterocycles. The van der Waals surface area contributed by atoms with Crippen LogP contribution in [-0.4, -0.2) is 48.6 Å². The molecule has 30 heavy (non-hydrogen) atoms. The molecule has 6 nitrogen and oxygen atoms in total. The molecule has 0 radical (unpaired) electrons. The van der Waals surface area contributed by atoms with Crippen molar-refractivity contribution in [2.45, 2.75) is 26.3 Å². The Balaban J connectivity index is 2.07. The fraction of sp³-hybridized carbons (Fsp3) is 0.333. The number of nitrogens with zero attached hydrogens (tertiary/aromatic N) is 1. The van der Waals surface area contributed by atoms with Gasteiger partial charge in [0.1, 0.15) is 11.5 Å². The van der Waals surface area contributed by atoms with Gasteiger partial charge in [-0.25, -0.2) is 0 Å². The number of methoxy groups -OCH3 is 1. The zero-order valence-electron chi connectivity index (χ0n) is 17.6. The van der Waals surface area contributed by atoms with Gasteiger partial charge in [-0.2, -0.15) is 0 Å². The van der Waals surface area contributed by atoms with Crippen LogP contribution in [0, 0.1) is 6.92 Å². The van der Waals surface area contributed by atoms with Crippen molar-refractivity contribution in [2.75, 3.05) is 26.9 Å². The highest BCUT2D eigenvalue weighted by molar-refractivity contribution is 6.46. The van der Waals surface area contributed by atoms with Gasteiger partial charge in [0, 0.05) is 25.8 Å². The molecule has 1 fully saturated rings. The van der Waals surface area contributed by atoms with Gasteiger partial charge in [-0.3, -0.25) is 9.59 Å².